The van der Waals surface area contributed by atoms with Crippen molar-refractivity contribution >= 4 is 63.4 Å². The number of oxazole rings is 1. The highest BCUT2D eigenvalue weighted by molar-refractivity contribution is 8.26. The van der Waals surface area contributed by atoms with Gasteiger partial charge in [-0.2, -0.15) is 4.98 Å². The average Bonchev–Trinajstić information content (AvgIpc) is 3.47. The molecule has 0 atom stereocenters. The average molecular weight is 592 g/mol. The lowest BCUT2D eigenvalue weighted by Crippen LogP contribution is -2.29. The van der Waals surface area contributed by atoms with Crippen LogP contribution in [0.3, 0.4) is 0 Å². The van der Waals surface area contributed by atoms with E-state index in [1.54, 1.807) is 30.2 Å². The molecular weight excluding hydrogens is 566 g/mol. The summed E-state index contributed by atoms with van der Waals surface area (Å²) in [7, 11) is 3.04. The monoisotopic (exact) mass is 591 g/mol. The highest BCUT2D eigenvalue weighted by Gasteiger charge is 2.31. The van der Waals surface area contributed by atoms with Gasteiger partial charge in [0.15, 0.2) is 17.1 Å². The molecule has 1 amide bonds. The highest BCUT2D eigenvalue weighted by atomic mass is 32.2. The predicted molar refractivity (Wildman–Crippen MR) is 160 cm³/mol. The largest absolute Gasteiger partial charge is 0.496 e. The fraction of sp³-hybridized carbons (Fsp3) is 0.172. The summed E-state index contributed by atoms with van der Waals surface area (Å²) in [5, 5.41) is 9.15. The van der Waals surface area contributed by atoms with Gasteiger partial charge in [0, 0.05) is 12.1 Å². The molecule has 0 aliphatic carbocycles. The number of aromatic nitrogens is 1. The Morgan fingerprint density at radius 3 is 2.63 bits per heavy atom. The fourth-order valence-corrected chi connectivity index (χ4v) is 5.63. The zero-order valence-electron chi connectivity index (χ0n) is 22.1. The van der Waals surface area contributed by atoms with E-state index < -0.39 is 5.97 Å². The van der Waals surface area contributed by atoms with Crippen LogP contribution in [0.1, 0.15) is 22.3 Å². The molecule has 1 fully saturated rings. The Balaban J connectivity index is 1.27. The van der Waals surface area contributed by atoms with Crippen molar-refractivity contribution in [3.63, 3.8) is 0 Å². The first-order chi connectivity index (χ1) is 19.8. The number of nitrogens with two attached hydrogens (primary N) is 1. The molecule has 210 valence electrons. The number of benzene rings is 3. The molecule has 1 aromatic heterocycles. The Labute approximate surface area is 244 Å². The number of ether oxygens (including phenoxy) is 3. The van der Waals surface area contributed by atoms with E-state index in [9.17, 15) is 9.59 Å². The molecular formula is C29H25N3O7S2. The van der Waals surface area contributed by atoms with Crippen LogP contribution in [0.25, 0.3) is 28.3 Å². The van der Waals surface area contributed by atoms with E-state index >= 15 is 0 Å². The van der Waals surface area contributed by atoms with Gasteiger partial charge in [-0.3, -0.25) is 9.69 Å². The van der Waals surface area contributed by atoms with Crippen molar-refractivity contribution in [1.29, 1.82) is 0 Å². The van der Waals surface area contributed by atoms with Crippen molar-refractivity contribution in [3.05, 3.63) is 70.6 Å². The Kier molecular flexibility index (Phi) is 8.13. The minimum atomic E-state index is -1.05. The number of hydrogen-bond donors (Lipinski definition) is 2. The van der Waals surface area contributed by atoms with E-state index in [1.807, 2.05) is 30.3 Å². The number of fused-ring (bicyclic) bond motifs is 1. The molecule has 1 saturated heterocycles. The van der Waals surface area contributed by atoms with Crippen molar-refractivity contribution in [1.82, 2.24) is 9.88 Å². The number of carbonyl (C=O) groups is 2. The van der Waals surface area contributed by atoms with Crippen LogP contribution in [0, 0.1) is 0 Å². The first kappa shape index (κ1) is 28.0. The number of methoxy groups -OCH3 is 2. The van der Waals surface area contributed by atoms with E-state index in [2.05, 4.69) is 4.98 Å². The van der Waals surface area contributed by atoms with Crippen LogP contribution in [-0.2, 0) is 4.79 Å². The summed E-state index contributed by atoms with van der Waals surface area (Å²) in [6.45, 7) is 0.647. The lowest BCUT2D eigenvalue weighted by atomic mass is 10.0. The van der Waals surface area contributed by atoms with Crippen LogP contribution < -0.4 is 19.9 Å². The molecule has 3 N–H and O–H groups in total. The number of hydrogen-bond acceptors (Lipinski definition) is 10. The van der Waals surface area contributed by atoms with E-state index in [0.29, 0.717) is 50.5 Å². The minimum Gasteiger partial charge on any atom is -0.496 e. The number of thiocarbonyl (C=S) groups is 1. The summed E-state index contributed by atoms with van der Waals surface area (Å²) in [5.41, 5.74) is 9.50. The van der Waals surface area contributed by atoms with E-state index in [1.165, 1.54) is 31.0 Å². The van der Waals surface area contributed by atoms with Crippen molar-refractivity contribution in [2.45, 2.75) is 6.42 Å². The fourth-order valence-electron chi connectivity index (χ4n) is 4.32. The number of carbonyl (C=O) groups excluding carboxylic acids is 1. The SMILES string of the molecule is COc1cc(C(=O)O)ccc1OCCCN1C(=O)/C(=C/c2ccc(OC)c(-c3ccc4oc(N)nc4c3)c2)SC1=S. The first-order valence-corrected chi connectivity index (χ1v) is 13.6. The maximum Gasteiger partial charge on any atom is 0.335 e. The van der Waals surface area contributed by atoms with Gasteiger partial charge in [-0.05, 0) is 66.1 Å². The predicted octanol–water partition coefficient (Wildman–Crippen LogP) is 5.46. The van der Waals surface area contributed by atoms with E-state index in [4.69, 9.17) is 41.7 Å². The zero-order chi connectivity index (χ0) is 29.1. The number of amides is 1. The molecule has 3 aromatic carbocycles. The Morgan fingerprint density at radius 2 is 1.88 bits per heavy atom. The quantitative estimate of drug-likeness (QED) is 0.138. The third kappa shape index (κ3) is 5.98. The number of aromatic carboxylic acids is 1. The zero-order valence-corrected chi connectivity index (χ0v) is 23.7. The summed E-state index contributed by atoms with van der Waals surface area (Å²) >= 11 is 6.73. The maximum atomic E-state index is 13.2. The topological polar surface area (TPSA) is 137 Å². The minimum absolute atomic E-state index is 0.0978. The molecule has 4 aromatic rings. The molecule has 2 heterocycles. The maximum absolute atomic E-state index is 13.2. The standard InChI is InChI=1S/C29H25N3O7S2/c1-36-21-7-4-16(12-19(21)17-5-8-22-20(14-17)31-28(30)39-22)13-25-26(33)32(29(40)41-25)10-3-11-38-23-9-6-18(27(34)35)15-24(23)37-2/h4-9,12-15H,3,10-11H2,1-2H3,(H2,30,31)(H,34,35)/b25-13-. The first-order valence-electron chi connectivity index (χ1n) is 12.4. The summed E-state index contributed by atoms with van der Waals surface area (Å²) in [6.07, 6.45) is 2.31. The van der Waals surface area contributed by atoms with E-state index in [-0.39, 0.29) is 24.1 Å². The number of carboxylic acids is 1. The summed E-state index contributed by atoms with van der Waals surface area (Å²) in [4.78, 5) is 30.6. The number of thioether (sulfide) groups is 1. The third-order valence-corrected chi connectivity index (χ3v) is 7.68. The van der Waals surface area contributed by atoms with Gasteiger partial charge in [0.05, 0.1) is 31.3 Å². The van der Waals surface area contributed by atoms with Gasteiger partial charge in [-0.25, -0.2) is 4.79 Å². The normalized spacial score (nSPS) is 14.2. The van der Waals surface area contributed by atoms with Gasteiger partial charge in [0.1, 0.15) is 15.6 Å². The smallest absolute Gasteiger partial charge is 0.335 e. The third-order valence-electron chi connectivity index (χ3n) is 6.30. The highest BCUT2D eigenvalue weighted by Crippen LogP contribution is 2.37. The number of rotatable bonds is 10. The van der Waals surface area contributed by atoms with Gasteiger partial charge in [-0.15, -0.1) is 0 Å². The summed E-state index contributed by atoms with van der Waals surface area (Å²) < 4.78 is 22.4. The second kappa shape index (κ2) is 11.9. The Hall–Kier alpha value is -4.55. The van der Waals surface area contributed by atoms with Crippen LogP contribution in [0.2, 0.25) is 0 Å². The molecule has 0 saturated carbocycles. The summed E-state index contributed by atoms with van der Waals surface area (Å²) in [6, 6.07) is 15.7. The van der Waals surface area contributed by atoms with Gasteiger partial charge in [0.25, 0.3) is 11.9 Å². The van der Waals surface area contributed by atoms with Crippen molar-refractivity contribution in [2.75, 3.05) is 33.1 Å². The molecule has 0 spiro atoms. The van der Waals surface area contributed by atoms with Gasteiger partial charge in [-0.1, -0.05) is 36.1 Å². The van der Waals surface area contributed by atoms with Crippen LogP contribution in [0.4, 0.5) is 6.01 Å². The van der Waals surface area contributed by atoms with Crippen LogP contribution in [-0.4, -0.2) is 58.6 Å². The molecule has 12 heteroatoms. The number of nitrogen functional groups attached to an aromatic ring is 1. The van der Waals surface area contributed by atoms with Crippen LogP contribution >= 0.6 is 24.0 Å². The molecule has 0 radical (unpaired) electrons. The number of anilines is 1. The van der Waals surface area contributed by atoms with Gasteiger partial charge >= 0.3 is 5.97 Å². The van der Waals surface area contributed by atoms with Gasteiger partial charge < -0.3 is 29.5 Å². The Morgan fingerprint density at radius 1 is 1.10 bits per heavy atom. The second-order valence-electron chi connectivity index (χ2n) is 8.90. The van der Waals surface area contributed by atoms with Gasteiger partial charge in [0.2, 0.25) is 0 Å². The van der Waals surface area contributed by atoms with Crippen molar-refractivity contribution in [2.24, 2.45) is 0 Å². The Bertz CT molecular complexity index is 1700. The molecule has 1 aliphatic rings. The van der Waals surface area contributed by atoms with Crippen LogP contribution in [0.15, 0.2) is 63.9 Å². The molecule has 1 aliphatic heterocycles. The van der Waals surface area contributed by atoms with Crippen LogP contribution in [0.5, 0.6) is 17.2 Å². The lowest BCUT2D eigenvalue weighted by molar-refractivity contribution is -0.122. The molecule has 5 rings (SSSR count). The molecule has 10 nitrogen and oxygen atoms in total. The van der Waals surface area contributed by atoms with Crippen molar-refractivity contribution < 1.29 is 33.3 Å². The molecule has 0 bridgehead atoms. The lowest BCUT2D eigenvalue weighted by Gasteiger charge is -2.15. The molecule has 0 unspecified atom stereocenters. The second-order valence-corrected chi connectivity index (χ2v) is 10.6. The number of carboxylic acid groups (broad SMARTS) is 1. The number of nitrogens with zero attached hydrogens (tertiary/aromatic N) is 2. The van der Waals surface area contributed by atoms with Crippen molar-refractivity contribution in [3.8, 4) is 28.4 Å². The van der Waals surface area contributed by atoms with E-state index in [0.717, 1.165) is 16.7 Å². The summed E-state index contributed by atoms with van der Waals surface area (Å²) in [5.74, 6) is 0.174. The molecule has 41 heavy (non-hydrogen) atoms.